The van der Waals surface area contributed by atoms with Crippen LogP contribution in [0.1, 0.15) is 33.3 Å². The molecule has 0 aliphatic carbocycles. The van der Waals surface area contributed by atoms with Crippen LogP contribution < -0.4 is 0 Å². The lowest BCUT2D eigenvalue weighted by atomic mass is 9.98. The first-order valence-corrected chi connectivity index (χ1v) is 11.9. The zero-order chi connectivity index (χ0) is 19.6. The molecule has 5 heteroatoms. The molecule has 0 saturated heterocycles. The zero-order valence-electron chi connectivity index (χ0n) is 16.3. The number of fused-ring (bicyclic) bond motifs is 1. The number of carbonyl (C=O) groups excluding carboxylic acids is 1. The van der Waals surface area contributed by atoms with E-state index in [1.165, 1.54) is 26.5 Å². The molecule has 3 nitrogen and oxygen atoms in total. The van der Waals surface area contributed by atoms with Gasteiger partial charge >= 0.3 is 0 Å². The minimum atomic E-state index is 0.217. The number of hydrogen-bond acceptors (Lipinski definition) is 4. The van der Waals surface area contributed by atoms with Gasteiger partial charge in [-0.3, -0.25) is 9.69 Å². The number of rotatable bonds is 4. The molecule has 0 saturated carbocycles. The van der Waals surface area contributed by atoms with Crippen LogP contribution in [0.3, 0.4) is 0 Å². The van der Waals surface area contributed by atoms with Crippen LogP contribution in [0.2, 0.25) is 0 Å². The maximum absolute atomic E-state index is 13.1. The van der Waals surface area contributed by atoms with E-state index in [2.05, 4.69) is 64.2 Å². The second kappa shape index (κ2) is 8.27. The standard InChI is InChI=1S/C24H24N2OS2/c27-23(25-12-8-19(9-13-25)18-5-2-1-3-6-18)17-26-14-10-21-20(11-16-29-21)24(26)22-7-4-15-28-22/h1-8,11,15-16,24H,9-10,12-14,17H2/t24-/m0/s1. The van der Waals surface area contributed by atoms with Crippen molar-refractivity contribution in [3.05, 3.63) is 86.2 Å². The molecule has 0 spiro atoms. The van der Waals surface area contributed by atoms with E-state index in [1.807, 2.05) is 22.3 Å². The van der Waals surface area contributed by atoms with Crippen molar-refractivity contribution in [3.63, 3.8) is 0 Å². The molecule has 0 N–H and O–H groups in total. The largest absolute Gasteiger partial charge is 0.338 e. The highest BCUT2D eigenvalue weighted by Crippen LogP contribution is 2.39. The molecule has 5 rings (SSSR count). The van der Waals surface area contributed by atoms with Crippen LogP contribution >= 0.6 is 22.7 Å². The van der Waals surface area contributed by atoms with Crippen LogP contribution in [-0.4, -0.2) is 41.9 Å². The normalized spacial score (nSPS) is 19.7. The van der Waals surface area contributed by atoms with Gasteiger partial charge in [-0.15, -0.1) is 22.7 Å². The van der Waals surface area contributed by atoms with Gasteiger partial charge in [-0.2, -0.15) is 0 Å². The Labute approximate surface area is 179 Å². The number of amides is 1. The number of nitrogens with zero attached hydrogens (tertiary/aromatic N) is 2. The minimum absolute atomic E-state index is 0.217. The average molecular weight is 421 g/mol. The maximum atomic E-state index is 13.1. The molecule has 0 fully saturated rings. The molecule has 2 aliphatic heterocycles. The van der Waals surface area contributed by atoms with Gasteiger partial charge in [-0.25, -0.2) is 0 Å². The quantitative estimate of drug-likeness (QED) is 0.588. The van der Waals surface area contributed by atoms with Crippen LogP contribution in [0.5, 0.6) is 0 Å². The minimum Gasteiger partial charge on any atom is -0.338 e. The molecule has 0 unspecified atom stereocenters. The summed E-state index contributed by atoms with van der Waals surface area (Å²) in [5.41, 5.74) is 4.02. The van der Waals surface area contributed by atoms with Gasteiger partial charge in [-0.1, -0.05) is 42.5 Å². The van der Waals surface area contributed by atoms with E-state index in [1.54, 1.807) is 11.3 Å². The number of thiophene rings is 2. The predicted molar refractivity (Wildman–Crippen MR) is 121 cm³/mol. The molecule has 3 aromatic rings. The molecule has 0 radical (unpaired) electrons. The van der Waals surface area contributed by atoms with Crippen molar-refractivity contribution in [2.75, 3.05) is 26.2 Å². The highest BCUT2D eigenvalue weighted by atomic mass is 32.1. The second-order valence-corrected chi connectivity index (χ2v) is 9.60. The first-order chi connectivity index (χ1) is 14.3. The Morgan fingerprint density at radius 1 is 0.966 bits per heavy atom. The van der Waals surface area contributed by atoms with Gasteiger partial charge in [0.25, 0.3) is 0 Å². The number of hydrogen-bond donors (Lipinski definition) is 0. The van der Waals surface area contributed by atoms with Crippen LogP contribution in [0.15, 0.2) is 65.4 Å². The summed E-state index contributed by atoms with van der Waals surface area (Å²) in [7, 11) is 0. The Morgan fingerprint density at radius 2 is 1.86 bits per heavy atom. The van der Waals surface area contributed by atoms with E-state index in [0.29, 0.717) is 13.1 Å². The third kappa shape index (κ3) is 3.82. The Bertz CT molecular complexity index is 1010. The summed E-state index contributed by atoms with van der Waals surface area (Å²) in [6.45, 7) is 2.96. The predicted octanol–water partition coefficient (Wildman–Crippen LogP) is 5.07. The van der Waals surface area contributed by atoms with Gasteiger partial charge < -0.3 is 4.90 Å². The SMILES string of the molecule is O=C(CN1CCc2sccc2[C@H]1c1cccs1)N1CC=C(c2ccccc2)CC1. The van der Waals surface area contributed by atoms with Crippen LogP contribution in [0.25, 0.3) is 5.57 Å². The molecule has 2 aliphatic rings. The van der Waals surface area contributed by atoms with Crippen molar-refractivity contribution in [2.45, 2.75) is 18.9 Å². The smallest absolute Gasteiger partial charge is 0.237 e. The third-order valence-electron chi connectivity index (χ3n) is 5.92. The molecule has 4 heterocycles. The summed E-state index contributed by atoms with van der Waals surface area (Å²) in [4.78, 5) is 20.3. The van der Waals surface area contributed by atoms with E-state index in [9.17, 15) is 4.79 Å². The van der Waals surface area contributed by atoms with Crippen molar-refractivity contribution < 1.29 is 4.79 Å². The zero-order valence-corrected chi connectivity index (χ0v) is 17.9. The maximum Gasteiger partial charge on any atom is 0.237 e. The summed E-state index contributed by atoms with van der Waals surface area (Å²) >= 11 is 3.64. The molecular formula is C24H24N2OS2. The van der Waals surface area contributed by atoms with E-state index in [4.69, 9.17) is 0 Å². The van der Waals surface area contributed by atoms with Crippen molar-refractivity contribution in [1.82, 2.24) is 9.80 Å². The first kappa shape index (κ1) is 18.8. The molecular weight excluding hydrogens is 396 g/mol. The topological polar surface area (TPSA) is 23.6 Å². The second-order valence-electron chi connectivity index (χ2n) is 7.62. The summed E-state index contributed by atoms with van der Waals surface area (Å²) in [5.74, 6) is 0.244. The van der Waals surface area contributed by atoms with Crippen LogP contribution in [0.4, 0.5) is 0 Å². The molecule has 1 atom stereocenters. The van der Waals surface area contributed by atoms with Gasteiger partial charge in [-0.05, 0) is 52.4 Å². The van der Waals surface area contributed by atoms with Gasteiger partial charge in [0, 0.05) is 29.4 Å². The van der Waals surface area contributed by atoms with Gasteiger partial charge in [0.05, 0.1) is 12.6 Å². The Balaban J connectivity index is 1.30. The fourth-order valence-corrected chi connectivity index (χ4v) is 6.18. The van der Waals surface area contributed by atoms with Crippen LogP contribution in [-0.2, 0) is 11.2 Å². The van der Waals surface area contributed by atoms with E-state index < -0.39 is 0 Å². The Hall–Kier alpha value is -2.21. The van der Waals surface area contributed by atoms with Crippen molar-refractivity contribution in [2.24, 2.45) is 0 Å². The lowest BCUT2D eigenvalue weighted by molar-refractivity contribution is -0.132. The molecule has 0 bridgehead atoms. The lowest BCUT2D eigenvalue weighted by Crippen LogP contribution is -2.45. The summed E-state index contributed by atoms with van der Waals surface area (Å²) in [6, 6.07) is 17.3. The average Bonchev–Trinajstić information content (AvgIpc) is 3.46. The molecule has 148 valence electrons. The van der Waals surface area contributed by atoms with Crippen LogP contribution in [0, 0.1) is 0 Å². The highest BCUT2D eigenvalue weighted by molar-refractivity contribution is 7.10. The fraction of sp³-hybridized carbons (Fsp3) is 0.292. The number of benzene rings is 1. The number of carbonyl (C=O) groups is 1. The monoisotopic (exact) mass is 420 g/mol. The van der Waals surface area contributed by atoms with Crippen molar-refractivity contribution in [1.29, 1.82) is 0 Å². The molecule has 1 amide bonds. The Kier molecular flexibility index (Phi) is 5.36. The Morgan fingerprint density at radius 3 is 2.62 bits per heavy atom. The summed E-state index contributed by atoms with van der Waals surface area (Å²) < 4.78 is 0. The van der Waals surface area contributed by atoms with Crippen molar-refractivity contribution >= 4 is 34.2 Å². The summed E-state index contributed by atoms with van der Waals surface area (Å²) in [5, 5.41) is 4.33. The molecule has 2 aromatic heterocycles. The third-order valence-corrected chi connectivity index (χ3v) is 7.84. The molecule has 29 heavy (non-hydrogen) atoms. The van der Waals surface area contributed by atoms with Crippen molar-refractivity contribution in [3.8, 4) is 0 Å². The van der Waals surface area contributed by atoms with E-state index in [0.717, 1.165) is 25.9 Å². The van der Waals surface area contributed by atoms with Gasteiger partial charge in [0.15, 0.2) is 0 Å². The lowest BCUT2D eigenvalue weighted by Gasteiger charge is -2.36. The van der Waals surface area contributed by atoms with E-state index >= 15 is 0 Å². The van der Waals surface area contributed by atoms with E-state index in [-0.39, 0.29) is 11.9 Å². The highest BCUT2D eigenvalue weighted by Gasteiger charge is 2.32. The molecule has 1 aromatic carbocycles. The first-order valence-electron chi connectivity index (χ1n) is 10.2. The fourth-order valence-electron chi connectivity index (χ4n) is 4.40. The van der Waals surface area contributed by atoms with Gasteiger partial charge in [0.2, 0.25) is 5.91 Å². The van der Waals surface area contributed by atoms with Gasteiger partial charge in [0.1, 0.15) is 0 Å². The summed E-state index contributed by atoms with van der Waals surface area (Å²) in [6.07, 6.45) is 4.19.